The topological polar surface area (TPSA) is 426 Å². The van der Waals surface area contributed by atoms with Crippen LogP contribution in [-0.2, 0) is 97.7 Å². The molecule has 40 heteroatoms. The van der Waals surface area contributed by atoms with E-state index < -0.39 is 15.5 Å². The quantitative estimate of drug-likeness (QED) is 0.0181. The number of esters is 1. The maximum atomic E-state index is 13.8. The third-order valence-electron chi connectivity index (χ3n) is 25.6. The minimum absolute atomic E-state index is 0.0195. The number of nitrogens with zero attached hydrogens (tertiary/aromatic N) is 10. The monoisotopic (exact) mass is 2070 g/mol. The second-order valence-electron chi connectivity index (χ2n) is 36.3. The summed E-state index contributed by atoms with van der Waals surface area (Å²) in [4.78, 5) is 139. The number of carboxylic acid groups (broad SMARTS) is 1. The first-order chi connectivity index (χ1) is 71.1. The fourth-order valence-corrected chi connectivity index (χ4v) is 18.9. The van der Waals surface area contributed by atoms with Crippen molar-refractivity contribution in [1.82, 2.24) is 40.2 Å². The second-order valence-corrected chi connectivity index (χ2v) is 39.5. The Hall–Kier alpha value is -12.6. The van der Waals surface area contributed by atoms with Gasteiger partial charge in [-0.2, -0.15) is 0 Å². The molecule has 4 fully saturated rings. The number of nitrogens with one attached hydrogen (secondary N) is 2. The summed E-state index contributed by atoms with van der Waals surface area (Å²) in [7, 11) is 7.45. The van der Waals surface area contributed by atoms with Gasteiger partial charge < -0.3 is 116 Å². The Morgan fingerprint density at radius 1 is 0.361 bits per heavy atom. The zero-order chi connectivity index (χ0) is 105. The van der Waals surface area contributed by atoms with Gasteiger partial charge in [-0.15, -0.1) is 23.5 Å². The van der Waals surface area contributed by atoms with Crippen LogP contribution in [0.4, 0.5) is 22.7 Å². The number of carboxylic acids is 1. The Bertz CT molecular complexity index is 5650. The van der Waals surface area contributed by atoms with Gasteiger partial charge in [0.25, 0.3) is 23.6 Å². The number of fused-ring (bicyclic) bond motifs is 8. The van der Waals surface area contributed by atoms with Crippen molar-refractivity contribution >= 4 is 119 Å². The fraction of sp³-hybridized carbons (Fsp3) is 0.495. The predicted molar refractivity (Wildman–Crippen MR) is 556 cm³/mol. The number of hydrogen-bond donors (Lipinski definition) is 3. The van der Waals surface area contributed by atoms with Crippen LogP contribution >= 0.6 is 23.5 Å². The first-order valence-electron chi connectivity index (χ1n) is 49.2. The Morgan fingerprint density at radius 3 is 0.857 bits per heavy atom. The third-order valence-corrected chi connectivity index (χ3v) is 28.4. The van der Waals surface area contributed by atoms with Gasteiger partial charge in [-0.05, 0) is 141 Å². The molecule has 6 amide bonds. The van der Waals surface area contributed by atoms with Crippen LogP contribution in [0.2, 0.25) is 0 Å². The molecule has 6 aromatic rings. The first-order valence-corrected chi connectivity index (χ1v) is 51.2. The van der Waals surface area contributed by atoms with Gasteiger partial charge >= 0.3 is 11.9 Å². The second kappa shape index (κ2) is 54.9. The molecule has 0 spiro atoms. The van der Waals surface area contributed by atoms with Crippen LogP contribution in [0.5, 0.6) is 46.0 Å². The highest BCUT2D eigenvalue weighted by atomic mass is 32.2. The predicted octanol–water partition coefficient (Wildman–Crippen LogP) is 13.4. The Morgan fingerprint density at radius 2 is 0.612 bits per heavy atom. The lowest BCUT2D eigenvalue weighted by molar-refractivity contribution is -0.142. The number of carbonyl (C=O) groups excluding carboxylic acids is 7. The molecule has 0 unspecified atom stereocenters. The van der Waals surface area contributed by atoms with E-state index in [1.54, 1.807) is 48.5 Å². The molecular formula is C107H134N12O26S2. The van der Waals surface area contributed by atoms with E-state index in [9.17, 15) is 38.4 Å². The van der Waals surface area contributed by atoms with Crippen molar-refractivity contribution in [3.05, 3.63) is 176 Å². The molecule has 14 rings (SSSR count). The summed E-state index contributed by atoms with van der Waals surface area (Å²) in [5.74, 6) is 1.44. The first kappa shape index (κ1) is 112. The maximum Gasteiger partial charge on any atom is 0.307 e. The van der Waals surface area contributed by atoms with E-state index in [1.807, 2.05) is 136 Å². The van der Waals surface area contributed by atoms with Gasteiger partial charge in [0.1, 0.15) is 26.4 Å². The van der Waals surface area contributed by atoms with Gasteiger partial charge in [-0.1, -0.05) is 46.6 Å². The van der Waals surface area contributed by atoms with Crippen LogP contribution in [0.1, 0.15) is 169 Å². The van der Waals surface area contributed by atoms with E-state index in [2.05, 4.69) is 27.5 Å². The van der Waals surface area contributed by atoms with E-state index in [-0.39, 0.29) is 130 Å². The van der Waals surface area contributed by atoms with Gasteiger partial charge in [0, 0.05) is 97.9 Å². The number of methoxy groups -OCH3 is 5. The average molecular weight is 2070 g/mol. The van der Waals surface area contributed by atoms with Crippen molar-refractivity contribution in [3.8, 4) is 46.0 Å². The molecule has 38 nitrogen and oxygen atoms in total. The van der Waals surface area contributed by atoms with Crippen LogP contribution in [-0.4, -0.2) is 323 Å². The molecule has 4 aromatic carbocycles. The maximum absolute atomic E-state index is 13.8. The van der Waals surface area contributed by atoms with Gasteiger partial charge in [0.05, 0.1) is 258 Å². The van der Waals surface area contributed by atoms with Crippen LogP contribution in [0.15, 0.2) is 139 Å². The molecule has 2 aromatic heterocycles. The van der Waals surface area contributed by atoms with Crippen LogP contribution in [0, 0.1) is 0 Å². The number of thioether (sulfide) groups is 2. The summed E-state index contributed by atoms with van der Waals surface area (Å²) in [5, 5.41) is 14.5. The number of amides is 6. The average Bonchev–Trinajstić information content (AvgIpc) is 1.65. The molecule has 0 aliphatic carbocycles. The lowest BCUT2D eigenvalue weighted by Crippen LogP contribution is -2.35. The number of aliphatic carboxylic acids is 1. The van der Waals surface area contributed by atoms with Gasteiger partial charge in [-0.25, -0.2) is 0 Å². The highest BCUT2D eigenvalue weighted by molar-refractivity contribution is 8.01. The van der Waals surface area contributed by atoms with E-state index in [1.165, 1.54) is 81.4 Å². The van der Waals surface area contributed by atoms with Crippen molar-refractivity contribution in [2.24, 2.45) is 20.0 Å². The number of aromatic nitrogens is 2. The summed E-state index contributed by atoms with van der Waals surface area (Å²) in [6.07, 6.45) is 18.6. The number of allylic oxidation sites excluding steroid dienone is 4. The molecular weight excluding hydrogens is 1930 g/mol. The highest BCUT2D eigenvalue weighted by Crippen LogP contribution is 2.47. The number of rotatable bonds is 54. The standard InChI is InChI=1S/C54H68N6O13S.C53H66N6O13S/c1-8-35-20-40-28-56-44-26-48(46(65-5)24-42(44)52(63)59(40)30-35)72-32-38-22-37(54(3,4)74-34-50(61)55-11-13-69-15-17-71-19-18-70-16-14-68-12-10-51(62)67-7)23-39(58-38)33-73-49-27-45-43(25-47(49)66-6)53(64)60-31-36(9-2)21-41(60)29-57-45;1-7-34-19-39-27-55-43-25-47(45(65-5)23-41(43)51(63)58(39)29-34)71-31-37-21-36(53(3,4)73-33-49(60)54-10-12-68-14-16-70-18-17-69-15-13-67-11-9-50(61)62)22-38(57-37)32-72-48-26-44-42(24-46(48)66-6)52(64)59-30-35(8-2)20-40(59)28-56-44/h8-9,22-29,40-41H,10-21,30-34H2,1-7H3,(H,55,61);7-8,21-28,39-40H,9-20,29-33H2,1-6H3,(H,54,60)(H,61,62)/b35-8+,36-9+;34-7+,35-8+/t40-,41-;39-,40-/m00/s1. The molecule has 3 N–H and O–H groups in total. The molecule has 790 valence electrons. The van der Waals surface area contributed by atoms with Crippen molar-refractivity contribution in [2.75, 3.05) is 192 Å². The molecule has 0 bridgehead atoms. The minimum atomic E-state index is -0.903. The third kappa shape index (κ3) is 30.8. The largest absolute Gasteiger partial charge is 0.493 e. The van der Waals surface area contributed by atoms with Gasteiger partial charge in [0.15, 0.2) is 46.0 Å². The summed E-state index contributed by atoms with van der Waals surface area (Å²) >= 11 is 2.93. The number of aliphatic imine (C=N–C) groups is 4. The molecule has 8 aliphatic rings. The Kier molecular flexibility index (Phi) is 41.6. The van der Waals surface area contributed by atoms with E-state index in [4.69, 9.17) is 111 Å². The van der Waals surface area contributed by atoms with E-state index >= 15 is 0 Å². The molecule has 4 saturated heterocycles. The number of carbonyl (C=O) groups is 8. The van der Waals surface area contributed by atoms with Crippen molar-refractivity contribution in [1.29, 1.82) is 0 Å². The summed E-state index contributed by atoms with van der Waals surface area (Å²) in [5.41, 5.74) is 12.5. The summed E-state index contributed by atoms with van der Waals surface area (Å²) in [6, 6.07) is 20.9. The zero-order valence-corrected chi connectivity index (χ0v) is 87.5. The Balaban J connectivity index is 0.000000246. The van der Waals surface area contributed by atoms with Crippen molar-refractivity contribution in [2.45, 2.75) is 154 Å². The number of ether oxygens (including phenoxy) is 17. The minimum Gasteiger partial charge on any atom is -0.493 e. The molecule has 10 heterocycles. The normalized spacial score (nSPS) is 18.0. The number of pyridine rings is 2. The summed E-state index contributed by atoms with van der Waals surface area (Å²) in [6.45, 7) is 24.5. The lowest BCUT2D eigenvalue weighted by atomic mass is 10.0. The molecule has 4 atom stereocenters. The van der Waals surface area contributed by atoms with Crippen LogP contribution in [0.3, 0.4) is 0 Å². The van der Waals surface area contributed by atoms with Crippen molar-refractivity contribution < 1.29 is 124 Å². The fourth-order valence-electron chi connectivity index (χ4n) is 17.2. The molecule has 147 heavy (non-hydrogen) atoms. The zero-order valence-electron chi connectivity index (χ0n) is 85.8. The smallest absolute Gasteiger partial charge is 0.307 e. The molecule has 8 aliphatic heterocycles. The highest BCUT2D eigenvalue weighted by Gasteiger charge is 2.41. The van der Waals surface area contributed by atoms with Crippen molar-refractivity contribution in [3.63, 3.8) is 0 Å². The summed E-state index contributed by atoms with van der Waals surface area (Å²) < 4.78 is 95.8. The van der Waals surface area contributed by atoms with Gasteiger partial charge in [0.2, 0.25) is 11.8 Å². The number of benzene rings is 4. The van der Waals surface area contributed by atoms with E-state index in [0.29, 0.717) is 246 Å². The molecule has 0 radical (unpaired) electrons. The van der Waals surface area contributed by atoms with Crippen LogP contribution in [0.25, 0.3) is 0 Å². The molecule has 0 saturated carbocycles. The van der Waals surface area contributed by atoms with E-state index in [0.717, 1.165) is 36.8 Å². The van der Waals surface area contributed by atoms with Crippen LogP contribution < -0.4 is 48.5 Å². The SMILES string of the molecule is C/C=C1\C[C@H]2C=Nc3cc(OCc4cc(C(C)(C)SCC(=O)NCCOCCOCCOCCOCCC(=O)O)cc(COc5cc6c(cc5OC)C(=O)N5C/C(=C/C)C[C@H]5C=N6)n4)c(OC)cc3C(=O)N2C1.C/C=C1\C[C@H]2C=Nc3cc(OCc4cc(C(C)(C)SCC(=O)NCCOCCOCCOCCOCCC(=O)OC)cc(COc5cc6c(cc5OC)C(=O)N5C/C(=C/C)C[C@H]5C=N6)n4)c(OC)cc3C(=O)N2C1. The lowest BCUT2D eigenvalue weighted by Gasteiger charge is -2.26. The number of hydrogen-bond acceptors (Lipinski definition) is 33. The van der Waals surface area contributed by atoms with Gasteiger partial charge in [-0.3, -0.25) is 68.3 Å². The Labute approximate surface area is 865 Å².